The van der Waals surface area contributed by atoms with Crippen LogP contribution < -0.4 is 10.2 Å². The van der Waals surface area contributed by atoms with Gasteiger partial charge in [0.25, 0.3) is 0 Å². The molecule has 0 atom stereocenters. The molecule has 0 spiro atoms. The van der Waals surface area contributed by atoms with Crippen molar-refractivity contribution in [1.29, 1.82) is 0 Å². The van der Waals surface area contributed by atoms with Gasteiger partial charge in [-0.3, -0.25) is 0 Å². The molecule has 0 unspecified atom stereocenters. The first kappa shape index (κ1) is 28.7. The third-order valence-electron chi connectivity index (χ3n) is 4.31. The molecule has 3 rings (SSSR count). The van der Waals surface area contributed by atoms with Crippen LogP contribution in [0, 0.1) is 0 Å². The Morgan fingerprint density at radius 1 is 1.08 bits per heavy atom. The molecule has 3 aromatic rings. The van der Waals surface area contributed by atoms with Gasteiger partial charge in [0.15, 0.2) is 6.61 Å². The van der Waals surface area contributed by atoms with Gasteiger partial charge < -0.3 is 14.2 Å². The lowest BCUT2D eigenvalue weighted by atomic mass is 10.1. The highest BCUT2D eigenvalue weighted by Crippen LogP contribution is 2.40. The smallest absolute Gasteiger partial charge is 0.428 e. The Balaban J connectivity index is 1.75. The Morgan fingerprint density at radius 3 is 2.46 bits per heavy atom. The molecule has 0 radical (unpaired) electrons. The molecule has 0 bridgehead atoms. The van der Waals surface area contributed by atoms with Crippen molar-refractivity contribution in [2.75, 3.05) is 12.9 Å². The highest BCUT2D eigenvalue weighted by atomic mass is 32.2. The monoisotopic (exact) mass is 561 g/mol. The zero-order valence-electron chi connectivity index (χ0n) is 21.9. The number of rotatable bonds is 8. The number of thioether (sulfide) groups is 1. The first-order valence-corrected chi connectivity index (χ1v) is 14.4. The second-order valence-corrected chi connectivity index (χ2v) is 12.9. The molecule has 1 N–H and O–H groups in total. The summed E-state index contributed by atoms with van der Waals surface area (Å²) in [5.41, 5.74) is 3.74. The van der Waals surface area contributed by atoms with Crippen molar-refractivity contribution in [2.24, 2.45) is 5.10 Å². The molecule has 2 aromatic heterocycles. The van der Waals surface area contributed by atoms with E-state index >= 15 is 0 Å². The number of thiazole rings is 1. The summed E-state index contributed by atoms with van der Waals surface area (Å²) >= 11 is 4.69. The van der Waals surface area contributed by atoms with Crippen molar-refractivity contribution in [2.45, 2.75) is 57.0 Å². The fraction of sp³-hybridized carbons (Fsp3) is 0.385. The predicted molar refractivity (Wildman–Crippen MR) is 151 cm³/mol. The Morgan fingerprint density at radius 2 is 1.78 bits per heavy atom. The number of para-hydroxylation sites is 1. The number of nitrogens with one attached hydrogen (secondary N) is 1. The molecule has 1 aromatic carbocycles. The van der Waals surface area contributed by atoms with E-state index in [1.807, 2.05) is 62.7 Å². The number of hydrogen-bond acceptors (Lipinski definition) is 10. The second kappa shape index (κ2) is 12.1. The van der Waals surface area contributed by atoms with E-state index in [2.05, 4.69) is 10.5 Å². The van der Waals surface area contributed by atoms with Crippen molar-refractivity contribution >= 4 is 52.7 Å². The first-order chi connectivity index (χ1) is 17.3. The summed E-state index contributed by atoms with van der Waals surface area (Å²) in [6.07, 6.45) is 2.98. The fourth-order valence-corrected chi connectivity index (χ4v) is 5.77. The van der Waals surface area contributed by atoms with Gasteiger partial charge in [-0.1, -0.05) is 12.1 Å². The topological polar surface area (TPSA) is 99.1 Å². The summed E-state index contributed by atoms with van der Waals surface area (Å²) in [5, 5.41) is 6.82. The zero-order valence-corrected chi connectivity index (χ0v) is 24.4. The van der Waals surface area contributed by atoms with Crippen molar-refractivity contribution < 1.29 is 23.8 Å². The molecule has 0 saturated carbocycles. The number of benzene rings is 1. The minimum absolute atomic E-state index is 0.188. The van der Waals surface area contributed by atoms with E-state index in [1.54, 1.807) is 50.1 Å². The van der Waals surface area contributed by atoms with Gasteiger partial charge in [-0.15, -0.1) is 34.4 Å². The number of carbonyl (C=O) groups excluding carboxylic acids is 2. The number of thiophene rings is 1. The average Bonchev–Trinajstić information content (AvgIpc) is 3.42. The van der Waals surface area contributed by atoms with Gasteiger partial charge >= 0.3 is 12.1 Å². The summed E-state index contributed by atoms with van der Waals surface area (Å²) in [4.78, 5) is 29.6. The second-order valence-electron chi connectivity index (χ2n) is 9.84. The largest absolute Gasteiger partial charge is 0.481 e. The lowest BCUT2D eigenvalue weighted by Gasteiger charge is -2.19. The van der Waals surface area contributed by atoms with Gasteiger partial charge in [0, 0.05) is 21.4 Å². The van der Waals surface area contributed by atoms with E-state index < -0.39 is 23.3 Å². The van der Waals surface area contributed by atoms with Gasteiger partial charge in [0.2, 0.25) is 0 Å². The van der Waals surface area contributed by atoms with Crippen LogP contribution in [0.2, 0.25) is 0 Å². The standard InChI is InChI=1S/C26H31N3O5S3/c1-25(2,3)33-21(30)14-32-20-11-9-8-10-17(20)19-15-36-22(28-19)18-12-16(37-23(18)35-7)13-27-29-24(31)34-26(4,5)6/h8-13,15H,14H2,1-7H3,(H,29,31). The van der Waals surface area contributed by atoms with E-state index in [1.165, 1.54) is 11.3 Å². The molecule has 0 aliphatic rings. The molecule has 37 heavy (non-hydrogen) atoms. The van der Waals surface area contributed by atoms with Crippen molar-refractivity contribution in [1.82, 2.24) is 10.4 Å². The minimum atomic E-state index is -0.609. The number of ether oxygens (including phenoxy) is 3. The average molecular weight is 562 g/mol. The predicted octanol–water partition coefficient (Wildman–Crippen LogP) is 6.84. The lowest BCUT2D eigenvalue weighted by molar-refractivity contribution is -0.157. The van der Waals surface area contributed by atoms with Gasteiger partial charge in [0.05, 0.1) is 16.1 Å². The molecule has 0 saturated heterocycles. The Kier molecular flexibility index (Phi) is 9.38. The Bertz CT molecular complexity index is 1270. The summed E-state index contributed by atoms with van der Waals surface area (Å²) < 4.78 is 17.4. The van der Waals surface area contributed by atoms with Crippen LogP contribution in [0.4, 0.5) is 4.79 Å². The van der Waals surface area contributed by atoms with Crippen molar-refractivity contribution in [3.8, 4) is 27.6 Å². The number of carbonyl (C=O) groups is 2. The summed E-state index contributed by atoms with van der Waals surface area (Å²) in [6, 6.07) is 9.46. The van der Waals surface area contributed by atoms with Crippen molar-refractivity contribution in [3.63, 3.8) is 0 Å². The SMILES string of the molecule is CSc1sc(C=NNC(=O)OC(C)(C)C)cc1-c1nc(-c2ccccc2OCC(=O)OC(C)(C)C)cs1. The highest BCUT2D eigenvalue weighted by Gasteiger charge is 2.19. The van der Waals surface area contributed by atoms with Crippen molar-refractivity contribution in [3.05, 3.63) is 40.6 Å². The zero-order chi connectivity index (χ0) is 27.2. The van der Waals surface area contributed by atoms with Crippen LogP contribution in [0.5, 0.6) is 5.75 Å². The van der Waals surface area contributed by atoms with Crippen LogP contribution in [0.1, 0.15) is 46.4 Å². The third kappa shape index (κ3) is 8.87. The molecule has 0 aliphatic heterocycles. The maximum absolute atomic E-state index is 12.1. The fourth-order valence-electron chi connectivity index (χ4n) is 3.04. The van der Waals surface area contributed by atoms with Gasteiger partial charge in [-0.05, 0) is 66.0 Å². The van der Waals surface area contributed by atoms with Gasteiger partial charge in [-0.2, -0.15) is 5.10 Å². The van der Waals surface area contributed by atoms with Crippen LogP contribution in [0.15, 0.2) is 45.0 Å². The molecular formula is C26H31N3O5S3. The molecular weight excluding hydrogens is 531 g/mol. The van der Waals surface area contributed by atoms with Crippen LogP contribution in [0.25, 0.3) is 21.8 Å². The number of amides is 1. The lowest BCUT2D eigenvalue weighted by Crippen LogP contribution is -2.29. The van der Waals surface area contributed by atoms with E-state index in [0.717, 1.165) is 30.9 Å². The van der Waals surface area contributed by atoms with Crippen LogP contribution in [-0.2, 0) is 14.3 Å². The number of nitrogens with zero attached hydrogens (tertiary/aromatic N) is 2. The molecule has 8 nitrogen and oxygen atoms in total. The molecule has 11 heteroatoms. The molecule has 0 aliphatic carbocycles. The highest BCUT2D eigenvalue weighted by molar-refractivity contribution is 8.00. The normalized spacial score (nSPS) is 12.0. The minimum Gasteiger partial charge on any atom is -0.481 e. The third-order valence-corrected chi connectivity index (χ3v) is 7.39. The first-order valence-electron chi connectivity index (χ1n) is 11.4. The Hall–Kier alpha value is -2.89. The van der Waals surface area contributed by atoms with E-state index in [4.69, 9.17) is 19.2 Å². The number of aromatic nitrogens is 1. The van der Waals surface area contributed by atoms with Crippen LogP contribution in [-0.4, -0.2) is 47.3 Å². The van der Waals surface area contributed by atoms with Gasteiger partial charge in [-0.25, -0.2) is 20.0 Å². The molecule has 2 heterocycles. The molecule has 198 valence electrons. The van der Waals surface area contributed by atoms with Gasteiger partial charge in [0.1, 0.15) is 22.0 Å². The van der Waals surface area contributed by atoms with Crippen LogP contribution in [0.3, 0.4) is 0 Å². The number of hydrogen-bond donors (Lipinski definition) is 1. The number of hydrazone groups is 1. The maximum Gasteiger partial charge on any atom is 0.428 e. The Labute approximate surface area is 229 Å². The van der Waals surface area contributed by atoms with E-state index in [-0.39, 0.29) is 6.61 Å². The number of esters is 1. The molecule has 1 amide bonds. The maximum atomic E-state index is 12.1. The summed E-state index contributed by atoms with van der Waals surface area (Å²) in [5.74, 6) is 0.126. The van der Waals surface area contributed by atoms with Crippen LogP contribution >= 0.6 is 34.4 Å². The van der Waals surface area contributed by atoms with E-state index in [0.29, 0.717) is 5.75 Å². The van der Waals surface area contributed by atoms with E-state index in [9.17, 15) is 9.59 Å². The molecule has 0 fully saturated rings. The summed E-state index contributed by atoms with van der Waals surface area (Å²) in [6.45, 7) is 10.6. The summed E-state index contributed by atoms with van der Waals surface area (Å²) in [7, 11) is 0. The quantitative estimate of drug-likeness (QED) is 0.139.